The van der Waals surface area contributed by atoms with Crippen molar-refractivity contribution in [3.8, 4) is 16.9 Å². The normalized spacial score (nSPS) is 19.8. The zero-order valence-electron chi connectivity index (χ0n) is 19.0. The van der Waals surface area contributed by atoms with Gasteiger partial charge in [0.2, 0.25) is 5.91 Å². The number of benzene rings is 1. The Balaban J connectivity index is 1.33. The number of anilines is 1. The molecule has 6 rings (SSSR count). The van der Waals surface area contributed by atoms with Crippen LogP contribution in [0.5, 0.6) is 0 Å². The zero-order chi connectivity index (χ0) is 24.8. The predicted molar refractivity (Wildman–Crippen MR) is 130 cm³/mol. The second-order valence-electron chi connectivity index (χ2n) is 8.86. The molecule has 10 nitrogen and oxygen atoms in total. The lowest BCUT2D eigenvalue weighted by Crippen LogP contribution is -2.35. The van der Waals surface area contributed by atoms with Crippen LogP contribution in [0.3, 0.4) is 0 Å². The number of aromatic nitrogens is 7. The zero-order valence-corrected chi connectivity index (χ0v) is 19.7. The number of rotatable bonds is 4. The summed E-state index contributed by atoms with van der Waals surface area (Å²) in [5.41, 5.74) is 8.83. The summed E-state index contributed by atoms with van der Waals surface area (Å²) in [6.07, 6.45) is 9.29. The number of imidazole rings is 1. The predicted octanol–water partition coefficient (Wildman–Crippen LogP) is 3.73. The van der Waals surface area contributed by atoms with Gasteiger partial charge in [0, 0.05) is 34.5 Å². The van der Waals surface area contributed by atoms with Crippen molar-refractivity contribution in [1.82, 2.24) is 40.1 Å². The van der Waals surface area contributed by atoms with Crippen molar-refractivity contribution in [2.75, 3.05) is 5.73 Å². The SMILES string of the molecule is Nc1nccc(-c2cnc([C@@H]3CC[C@@H]4CCC(c5cc(Cl)ccc5-n5cnnn5)=CC(=O)N43)[nH]2)c1F. The molecule has 0 saturated carbocycles. The number of aromatic amines is 1. The number of hydrogen-bond donors (Lipinski definition) is 2. The highest BCUT2D eigenvalue weighted by Gasteiger charge is 2.40. The Morgan fingerprint density at radius 3 is 2.86 bits per heavy atom. The van der Waals surface area contributed by atoms with Crippen LogP contribution >= 0.6 is 11.6 Å². The number of carbonyl (C=O) groups excluding carboxylic acids is 1. The maximum Gasteiger partial charge on any atom is 0.247 e. The van der Waals surface area contributed by atoms with E-state index in [9.17, 15) is 9.18 Å². The Morgan fingerprint density at radius 1 is 1.14 bits per heavy atom. The van der Waals surface area contributed by atoms with Gasteiger partial charge in [-0.3, -0.25) is 4.79 Å². The van der Waals surface area contributed by atoms with E-state index in [1.165, 1.54) is 12.5 Å². The number of fused-ring (bicyclic) bond motifs is 1. The molecule has 0 radical (unpaired) electrons. The molecule has 2 aliphatic rings. The fraction of sp³-hybridized carbons (Fsp3) is 0.250. The summed E-state index contributed by atoms with van der Waals surface area (Å²) in [6, 6.07) is 6.80. The third-order valence-corrected chi connectivity index (χ3v) is 7.05. The Bertz CT molecular complexity index is 1480. The minimum Gasteiger partial charge on any atom is -0.381 e. The largest absolute Gasteiger partial charge is 0.381 e. The first-order valence-electron chi connectivity index (χ1n) is 11.5. The monoisotopic (exact) mass is 505 g/mol. The molecule has 0 unspecified atom stereocenters. The lowest BCUT2D eigenvalue weighted by molar-refractivity contribution is -0.128. The van der Waals surface area contributed by atoms with Crippen molar-refractivity contribution >= 4 is 28.9 Å². The summed E-state index contributed by atoms with van der Waals surface area (Å²) >= 11 is 6.31. The Kier molecular flexibility index (Phi) is 5.48. The molecule has 3 aromatic heterocycles. The molecule has 36 heavy (non-hydrogen) atoms. The number of pyridine rings is 1. The van der Waals surface area contributed by atoms with Crippen LogP contribution in [0.2, 0.25) is 5.02 Å². The van der Waals surface area contributed by atoms with Crippen LogP contribution in [0.25, 0.3) is 22.5 Å². The van der Waals surface area contributed by atoms with Crippen molar-refractivity contribution in [3.63, 3.8) is 0 Å². The van der Waals surface area contributed by atoms with Gasteiger partial charge in [-0.2, -0.15) is 4.68 Å². The third-order valence-electron chi connectivity index (χ3n) is 6.82. The van der Waals surface area contributed by atoms with Crippen molar-refractivity contribution in [2.45, 2.75) is 37.8 Å². The average Bonchev–Trinajstić information content (AvgIpc) is 3.62. The van der Waals surface area contributed by atoms with Gasteiger partial charge in [0.15, 0.2) is 11.6 Å². The van der Waals surface area contributed by atoms with E-state index in [0.29, 0.717) is 23.0 Å². The van der Waals surface area contributed by atoms with Gasteiger partial charge < -0.3 is 15.6 Å². The van der Waals surface area contributed by atoms with Gasteiger partial charge in [-0.15, -0.1) is 5.10 Å². The Morgan fingerprint density at radius 2 is 2.03 bits per heavy atom. The third kappa shape index (κ3) is 3.81. The molecule has 5 heterocycles. The van der Waals surface area contributed by atoms with Gasteiger partial charge in [-0.1, -0.05) is 11.6 Å². The van der Waals surface area contributed by atoms with Gasteiger partial charge in [-0.25, -0.2) is 14.4 Å². The number of hydrogen-bond acceptors (Lipinski definition) is 7. The van der Waals surface area contributed by atoms with E-state index in [1.807, 2.05) is 17.0 Å². The molecule has 4 aromatic rings. The quantitative estimate of drug-likeness (QED) is 0.432. The smallest absolute Gasteiger partial charge is 0.247 e. The van der Waals surface area contributed by atoms with E-state index >= 15 is 0 Å². The molecular formula is C24H21ClFN9O. The molecule has 182 valence electrons. The van der Waals surface area contributed by atoms with E-state index in [0.717, 1.165) is 36.1 Å². The first-order valence-corrected chi connectivity index (χ1v) is 11.9. The number of tetrazole rings is 1. The highest BCUT2D eigenvalue weighted by molar-refractivity contribution is 6.30. The molecule has 0 bridgehead atoms. The van der Waals surface area contributed by atoms with Gasteiger partial charge in [0.1, 0.15) is 12.2 Å². The van der Waals surface area contributed by atoms with Crippen LogP contribution in [0.4, 0.5) is 10.2 Å². The van der Waals surface area contributed by atoms with Crippen molar-refractivity contribution in [2.24, 2.45) is 0 Å². The lowest BCUT2D eigenvalue weighted by Gasteiger charge is -2.27. The minimum absolute atomic E-state index is 0.0637. The molecule has 3 N–H and O–H groups in total. The maximum atomic E-state index is 14.5. The fourth-order valence-corrected chi connectivity index (χ4v) is 5.32. The summed E-state index contributed by atoms with van der Waals surface area (Å²) in [7, 11) is 0. The number of carbonyl (C=O) groups is 1. The molecule has 0 aliphatic carbocycles. The van der Waals surface area contributed by atoms with E-state index in [1.54, 1.807) is 29.1 Å². The van der Waals surface area contributed by atoms with Crippen LogP contribution in [0.15, 0.2) is 49.1 Å². The highest BCUT2D eigenvalue weighted by atomic mass is 35.5. The molecule has 0 spiro atoms. The first-order chi connectivity index (χ1) is 17.5. The minimum atomic E-state index is -0.602. The molecule has 1 fully saturated rings. The molecule has 2 aliphatic heterocycles. The number of nitrogens with zero attached hydrogens (tertiary/aromatic N) is 7. The number of allylic oxidation sites excluding steroid dienone is 1. The second kappa shape index (κ2) is 8.83. The molecule has 1 amide bonds. The number of halogens is 2. The van der Waals surface area contributed by atoms with Gasteiger partial charge >= 0.3 is 0 Å². The number of nitrogens with two attached hydrogens (primary N) is 1. The lowest BCUT2D eigenvalue weighted by atomic mass is 9.97. The first kappa shape index (κ1) is 22.4. The summed E-state index contributed by atoms with van der Waals surface area (Å²) < 4.78 is 16.1. The highest BCUT2D eigenvalue weighted by Crippen LogP contribution is 2.41. The number of nitrogen functional groups attached to an aromatic ring is 1. The molecule has 2 atom stereocenters. The number of nitrogens with one attached hydrogen (secondary N) is 1. The Labute approximate surface area is 210 Å². The second-order valence-corrected chi connectivity index (χ2v) is 9.29. The van der Waals surface area contributed by atoms with Gasteiger partial charge in [0.25, 0.3) is 0 Å². The van der Waals surface area contributed by atoms with Crippen LogP contribution < -0.4 is 5.73 Å². The summed E-state index contributed by atoms with van der Waals surface area (Å²) in [4.78, 5) is 26.9. The van der Waals surface area contributed by atoms with Crippen LogP contribution in [0.1, 0.15) is 43.1 Å². The number of H-pyrrole nitrogens is 1. The molecular weight excluding hydrogens is 485 g/mol. The summed E-state index contributed by atoms with van der Waals surface area (Å²) in [5.74, 6) is -0.262. The maximum absolute atomic E-state index is 14.5. The van der Waals surface area contributed by atoms with Crippen molar-refractivity contribution in [1.29, 1.82) is 0 Å². The summed E-state index contributed by atoms with van der Waals surface area (Å²) in [6.45, 7) is 0. The Hall–Kier alpha value is -4.12. The molecule has 12 heteroatoms. The topological polar surface area (TPSA) is 132 Å². The van der Waals surface area contributed by atoms with Crippen molar-refractivity contribution in [3.05, 3.63) is 71.3 Å². The van der Waals surface area contributed by atoms with Crippen LogP contribution in [-0.4, -0.2) is 52.0 Å². The van der Waals surface area contributed by atoms with E-state index in [4.69, 9.17) is 17.3 Å². The van der Waals surface area contributed by atoms with Crippen molar-refractivity contribution < 1.29 is 9.18 Å². The summed E-state index contributed by atoms with van der Waals surface area (Å²) in [5, 5.41) is 12.0. The van der Waals surface area contributed by atoms with Gasteiger partial charge in [-0.05, 0) is 65.9 Å². The number of amides is 1. The average molecular weight is 506 g/mol. The van der Waals surface area contributed by atoms with Crippen LogP contribution in [0, 0.1) is 5.82 Å². The van der Waals surface area contributed by atoms with E-state index in [-0.39, 0.29) is 29.4 Å². The fourth-order valence-electron chi connectivity index (χ4n) is 5.15. The van der Waals surface area contributed by atoms with E-state index in [2.05, 4.69) is 30.5 Å². The van der Waals surface area contributed by atoms with Crippen LogP contribution in [-0.2, 0) is 4.79 Å². The molecule has 1 saturated heterocycles. The molecule has 1 aromatic carbocycles. The van der Waals surface area contributed by atoms with E-state index < -0.39 is 5.82 Å². The standard InChI is InChI=1S/C24H21ClFN9O/c25-14-2-5-19(34-12-30-32-33-34)17(10-14)13-1-3-15-4-6-20(35(15)21(36)9-13)24-29-11-18(31-24)16-7-8-28-23(27)22(16)26/h2,5,7-12,15,20H,1,3-4,6H2,(H2,27,28)(H,29,31)/t15-,20-/m0/s1. The van der Waals surface area contributed by atoms with Gasteiger partial charge in [0.05, 0.1) is 23.6 Å².